The molecule has 0 heterocycles. The number of phenolic OH excluding ortho intramolecular Hbond substituents is 1. The normalized spacial score (nSPS) is 10.9. The zero-order chi connectivity index (χ0) is 13.9. The first kappa shape index (κ1) is 14.6. The van der Waals surface area contributed by atoms with Gasteiger partial charge in [-0.25, -0.2) is 4.79 Å². The molecule has 0 atom stereocenters. The number of hydrogen-bond donors (Lipinski definition) is 2. The van der Waals surface area contributed by atoms with E-state index in [1.165, 1.54) is 19.2 Å². The van der Waals surface area contributed by atoms with E-state index < -0.39 is 11.7 Å². The van der Waals surface area contributed by atoms with E-state index in [2.05, 4.69) is 21.2 Å². The zero-order valence-electron chi connectivity index (χ0n) is 10.7. The molecule has 100 valence electrons. The van der Waals surface area contributed by atoms with Crippen LogP contribution >= 0.6 is 15.9 Å². The number of carbonyl (C=O) groups excluding carboxylic acids is 1. The summed E-state index contributed by atoms with van der Waals surface area (Å²) in [5, 5.41) is 12.2. The fraction of sp³-hybridized carbons (Fsp3) is 0.417. The molecule has 1 rings (SSSR count). The molecule has 0 aliphatic carbocycles. The zero-order valence-corrected chi connectivity index (χ0v) is 12.3. The number of phenols is 1. The first-order chi connectivity index (χ1) is 8.23. The molecule has 0 fully saturated rings. The van der Waals surface area contributed by atoms with Gasteiger partial charge >= 0.3 is 6.09 Å². The summed E-state index contributed by atoms with van der Waals surface area (Å²) in [5.74, 6) is 0.378. The van der Waals surface area contributed by atoms with E-state index in [0.29, 0.717) is 10.2 Å². The van der Waals surface area contributed by atoms with Crippen molar-refractivity contribution in [3.63, 3.8) is 0 Å². The van der Waals surface area contributed by atoms with Gasteiger partial charge in [0.05, 0.1) is 17.3 Å². The number of amides is 1. The Morgan fingerprint density at radius 1 is 1.39 bits per heavy atom. The van der Waals surface area contributed by atoms with Gasteiger partial charge in [0.1, 0.15) is 17.1 Å². The van der Waals surface area contributed by atoms with Gasteiger partial charge in [-0.3, -0.25) is 5.32 Å². The molecule has 1 amide bonds. The van der Waals surface area contributed by atoms with Crippen LogP contribution in [0.15, 0.2) is 16.6 Å². The lowest BCUT2D eigenvalue weighted by atomic mass is 10.2. The molecule has 1 aromatic rings. The molecule has 0 aliphatic heterocycles. The summed E-state index contributed by atoms with van der Waals surface area (Å²) in [6.45, 7) is 5.28. The predicted octanol–water partition coefficient (Wildman–Crippen LogP) is 3.51. The van der Waals surface area contributed by atoms with Crippen LogP contribution in [0.5, 0.6) is 11.5 Å². The minimum Gasteiger partial charge on any atom is -0.506 e. The van der Waals surface area contributed by atoms with Gasteiger partial charge in [0.15, 0.2) is 0 Å². The second kappa shape index (κ2) is 5.48. The Morgan fingerprint density at radius 3 is 2.50 bits per heavy atom. The molecule has 0 radical (unpaired) electrons. The van der Waals surface area contributed by atoms with E-state index >= 15 is 0 Å². The maximum absolute atomic E-state index is 11.6. The van der Waals surface area contributed by atoms with Crippen molar-refractivity contribution >= 4 is 27.7 Å². The summed E-state index contributed by atoms with van der Waals surface area (Å²) in [5.41, 5.74) is -0.347. The van der Waals surface area contributed by atoms with E-state index in [4.69, 9.17) is 9.47 Å². The summed E-state index contributed by atoms with van der Waals surface area (Å²) < 4.78 is 10.7. The van der Waals surface area contributed by atoms with Crippen LogP contribution < -0.4 is 10.1 Å². The second-order valence-electron chi connectivity index (χ2n) is 4.63. The Labute approximate surface area is 114 Å². The summed E-state index contributed by atoms with van der Waals surface area (Å²) >= 11 is 3.26. The number of hydrogen-bond acceptors (Lipinski definition) is 4. The Bertz CT molecular complexity index is 454. The Kier molecular flexibility index (Phi) is 4.45. The molecule has 5 nitrogen and oxygen atoms in total. The van der Waals surface area contributed by atoms with E-state index in [0.717, 1.165) is 0 Å². The van der Waals surface area contributed by atoms with Crippen molar-refractivity contribution in [1.29, 1.82) is 0 Å². The summed E-state index contributed by atoms with van der Waals surface area (Å²) in [7, 11) is 1.49. The van der Waals surface area contributed by atoms with Crippen molar-refractivity contribution in [3.05, 3.63) is 16.6 Å². The van der Waals surface area contributed by atoms with Gasteiger partial charge in [-0.05, 0) is 42.8 Å². The highest BCUT2D eigenvalue weighted by molar-refractivity contribution is 9.10. The SMILES string of the molecule is COc1cc(O)c(NC(=O)OC(C)(C)C)cc1Br. The van der Waals surface area contributed by atoms with Gasteiger partial charge < -0.3 is 14.6 Å². The molecule has 0 saturated carbocycles. The van der Waals surface area contributed by atoms with Crippen LogP contribution in [0.1, 0.15) is 20.8 Å². The van der Waals surface area contributed by atoms with Gasteiger partial charge in [-0.1, -0.05) is 0 Å². The van der Waals surface area contributed by atoms with Crippen molar-refractivity contribution in [1.82, 2.24) is 0 Å². The largest absolute Gasteiger partial charge is 0.506 e. The van der Waals surface area contributed by atoms with Gasteiger partial charge in [0.2, 0.25) is 0 Å². The van der Waals surface area contributed by atoms with Gasteiger partial charge in [0.25, 0.3) is 0 Å². The van der Waals surface area contributed by atoms with Crippen LogP contribution in [0, 0.1) is 0 Å². The van der Waals surface area contributed by atoms with E-state index in [1.54, 1.807) is 20.8 Å². The molecular weight excluding hydrogens is 302 g/mol. The van der Waals surface area contributed by atoms with Crippen LogP contribution in [-0.4, -0.2) is 23.9 Å². The molecule has 18 heavy (non-hydrogen) atoms. The number of aromatic hydroxyl groups is 1. The van der Waals surface area contributed by atoms with Crippen LogP contribution in [0.3, 0.4) is 0 Å². The molecule has 0 bridgehead atoms. The van der Waals surface area contributed by atoms with Crippen molar-refractivity contribution < 1.29 is 19.4 Å². The summed E-state index contributed by atoms with van der Waals surface area (Å²) in [4.78, 5) is 11.6. The minimum absolute atomic E-state index is 0.0964. The van der Waals surface area contributed by atoms with E-state index in [9.17, 15) is 9.90 Å². The maximum atomic E-state index is 11.6. The van der Waals surface area contributed by atoms with Gasteiger partial charge in [0, 0.05) is 6.07 Å². The quantitative estimate of drug-likeness (QED) is 0.819. The fourth-order valence-electron chi connectivity index (χ4n) is 1.21. The number of methoxy groups -OCH3 is 1. The number of halogens is 1. The number of anilines is 1. The smallest absolute Gasteiger partial charge is 0.412 e. The van der Waals surface area contributed by atoms with Gasteiger partial charge in [-0.15, -0.1) is 0 Å². The highest BCUT2D eigenvalue weighted by Crippen LogP contribution is 2.35. The highest BCUT2D eigenvalue weighted by Gasteiger charge is 2.18. The third-order valence-corrected chi connectivity index (χ3v) is 2.53. The van der Waals surface area contributed by atoms with Crippen molar-refractivity contribution in [2.45, 2.75) is 26.4 Å². The molecule has 0 spiro atoms. The maximum Gasteiger partial charge on any atom is 0.412 e. The number of rotatable bonds is 2. The summed E-state index contributed by atoms with van der Waals surface area (Å²) in [6, 6.07) is 2.94. The van der Waals surface area contributed by atoms with Crippen LogP contribution in [-0.2, 0) is 4.74 Å². The van der Waals surface area contributed by atoms with Crippen LogP contribution in [0.2, 0.25) is 0 Å². The average molecular weight is 318 g/mol. The van der Waals surface area contributed by atoms with Gasteiger partial charge in [-0.2, -0.15) is 0 Å². The van der Waals surface area contributed by atoms with Crippen molar-refractivity contribution in [2.75, 3.05) is 12.4 Å². The number of nitrogens with one attached hydrogen (secondary N) is 1. The highest BCUT2D eigenvalue weighted by atomic mass is 79.9. The molecule has 0 unspecified atom stereocenters. The minimum atomic E-state index is -0.630. The molecule has 6 heteroatoms. The Hall–Kier alpha value is -1.43. The standard InChI is InChI=1S/C12H16BrNO4/c1-12(2,3)18-11(16)14-8-5-7(13)10(17-4)6-9(8)15/h5-6,15H,1-4H3,(H,14,16). The van der Waals surface area contributed by atoms with Crippen LogP contribution in [0.25, 0.3) is 0 Å². The fourth-order valence-corrected chi connectivity index (χ4v) is 1.72. The molecule has 0 saturated heterocycles. The third-order valence-electron chi connectivity index (χ3n) is 1.91. The lowest BCUT2D eigenvalue weighted by Crippen LogP contribution is -2.27. The Morgan fingerprint density at radius 2 is 2.00 bits per heavy atom. The lowest BCUT2D eigenvalue weighted by molar-refractivity contribution is 0.0635. The van der Waals surface area contributed by atoms with E-state index in [1.807, 2.05) is 0 Å². The predicted molar refractivity (Wildman–Crippen MR) is 72.2 cm³/mol. The number of ether oxygens (including phenoxy) is 2. The topological polar surface area (TPSA) is 67.8 Å². The lowest BCUT2D eigenvalue weighted by Gasteiger charge is -2.20. The second-order valence-corrected chi connectivity index (χ2v) is 5.49. The first-order valence-electron chi connectivity index (χ1n) is 5.29. The molecule has 0 aromatic heterocycles. The third kappa shape index (κ3) is 4.10. The Balaban J connectivity index is 2.86. The first-order valence-corrected chi connectivity index (χ1v) is 6.09. The van der Waals surface area contributed by atoms with Crippen LogP contribution in [0.4, 0.5) is 10.5 Å². The number of carbonyl (C=O) groups is 1. The molecular formula is C12H16BrNO4. The average Bonchev–Trinajstić information content (AvgIpc) is 2.20. The van der Waals surface area contributed by atoms with Crippen molar-refractivity contribution in [3.8, 4) is 11.5 Å². The molecule has 2 N–H and O–H groups in total. The molecule has 1 aromatic carbocycles. The number of benzene rings is 1. The van der Waals surface area contributed by atoms with Crippen molar-refractivity contribution in [2.24, 2.45) is 0 Å². The monoisotopic (exact) mass is 317 g/mol. The summed E-state index contributed by atoms with van der Waals surface area (Å²) in [6.07, 6.45) is -0.630. The molecule has 0 aliphatic rings. The van der Waals surface area contributed by atoms with E-state index in [-0.39, 0.29) is 11.4 Å².